The summed E-state index contributed by atoms with van der Waals surface area (Å²) in [6.45, 7) is 6.04. The number of anilines is 1. The Morgan fingerprint density at radius 3 is 2.52 bits per heavy atom. The maximum absolute atomic E-state index is 12.2. The quantitative estimate of drug-likeness (QED) is 0.800. The zero-order chi connectivity index (χ0) is 15.8. The van der Waals surface area contributed by atoms with Gasteiger partial charge in [0.1, 0.15) is 5.75 Å². The Morgan fingerprint density at radius 2 is 1.95 bits per heavy atom. The third kappa shape index (κ3) is 4.77. The number of hydrogen-bond acceptors (Lipinski definition) is 3. The monoisotopic (exact) mass is 293 g/mol. The van der Waals surface area contributed by atoms with Crippen molar-refractivity contribution in [2.45, 2.75) is 33.6 Å². The summed E-state index contributed by atoms with van der Waals surface area (Å²) in [5, 5.41) is 9.07. The van der Waals surface area contributed by atoms with Crippen LogP contribution in [0.3, 0.4) is 0 Å². The smallest absolute Gasteiger partial charge is 0.308 e. The third-order valence-electron chi connectivity index (χ3n) is 3.10. The van der Waals surface area contributed by atoms with Crippen molar-refractivity contribution in [3.8, 4) is 5.75 Å². The molecule has 1 unspecified atom stereocenters. The van der Waals surface area contributed by atoms with Crippen LogP contribution in [-0.4, -0.2) is 30.1 Å². The average molecular weight is 293 g/mol. The number of carbonyl (C=O) groups is 2. The Bertz CT molecular complexity index is 487. The van der Waals surface area contributed by atoms with E-state index in [0.717, 1.165) is 6.42 Å². The van der Waals surface area contributed by atoms with Gasteiger partial charge in [0.05, 0.1) is 18.2 Å². The molecule has 1 atom stereocenters. The van der Waals surface area contributed by atoms with E-state index in [4.69, 9.17) is 9.84 Å². The van der Waals surface area contributed by atoms with Gasteiger partial charge >= 0.3 is 5.97 Å². The highest BCUT2D eigenvalue weighted by Gasteiger charge is 2.23. The highest BCUT2D eigenvalue weighted by molar-refractivity contribution is 5.95. The summed E-state index contributed by atoms with van der Waals surface area (Å²) in [7, 11) is 0. The number of carboxylic acids is 1. The van der Waals surface area contributed by atoms with E-state index in [0.29, 0.717) is 24.5 Å². The molecule has 0 spiro atoms. The molecule has 1 aromatic carbocycles. The fourth-order valence-corrected chi connectivity index (χ4v) is 1.89. The Hall–Kier alpha value is -2.04. The van der Waals surface area contributed by atoms with Crippen molar-refractivity contribution in [1.82, 2.24) is 0 Å². The molecule has 116 valence electrons. The Balaban J connectivity index is 3.08. The van der Waals surface area contributed by atoms with Gasteiger partial charge in [-0.15, -0.1) is 0 Å². The van der Waals surface area contributed by atoms with Gasteiger partial charge in [-0.1, -0.05) is 32.9 Å². The van der Waals surface area contributed by atoms with Gasteiger partial charge in [0, 0.05) is 13.0 Å². The molecule has 1 rings (SSSR count). The molecule has 1 N–H and O–H groups in total. The van der Waals surface area contributed by atoms with Gasteiger partial charge in [-0.25, -0.2) is 0 Å². The number of carboxylic acid groups (broad SMARTS) is 1. The molecule has 0 aliphatic rings. The van der Waals surface area contributed by atoms with Gasteiger partial charge in [0.15, 0.2) is 0 Å². The van der Waals surface area contributed by atoms with Crippen LogP contribution in [0.25, 0.3) is 0 Å². The molecule has 0 bridgehead atoms. The van der Waals surface area contributed by atoms with E-state index < -0.39 is 11.9 Å². The van der Waals surface area contributed by atoms with Crippen LogP contribution in [0.15, 0.2) is 24.3 Å². The zero-order valence-electron chi connectivity index (χ0n) is 12.8. The second-order valence-corrected chi connectivity index (χ2v) is 4.91. The van der Waals surface area contributed by atoms with Crippen LogP contribution in [0.2, 0.25) is 0 Å². The summed E-state index contributed by atoms with van der Waals surface area (Å²) in [4.78, 5) is 24.7. The van der Waals surface area contributed by atoms with Crippen LogP contribution in [0.5, 0.6) is 5.75 Å². The van der Waals surface area contributed by atoms with E-state index in [1.54, 1.807) is 26.0 Å². The number of hydrogen-bond donors (Lipinski definition) is 1. The Kier molecular flexibility index (Phi) is 6.72. The van der Waals surface area contributed by atoms with E-state index in [1.165, 1.54) is 4.90 Å². The first-order valence-electron chi connectivity index (χ1n) is 7.26. The number of rotatable bonds is 8. The van der Waals surface area contributed by atoms with Gasteiger partial charge < -0.3 is 14.7 Å². The fourth-order valence-electron chi connectivity index (χ4n) is 1.89. The minimum absolute atomic E-state index is 0.115. The number of benzene rings is 1. The second-order valence-electron chi connectivity index (χ2n) is 4.91. The largest absolute Gasteiger partial charge is 0.491 e. The van der Waals surface area contributed by atoms with Crippen molar-refractivity contribution in [1.29, 1.82) is 0 Å². The molecular weight excluding hydrogens is 270 g/mol. The minimum atomic E-state index is -0.920. The van der Waals surface area contributed by atoms with Gasteiger partial charge in [-0.3, -0.25) is 9.59 Å². The lowest BCUT2D eigenvalue weighted by Crippen LogP contribution is -2.36. The first kappa shape index (κ1) is 17.0. The van der Waals surface area contributed by atoms with E-state index >= 15 is 0 Å². The molecule has 5 nitrogen and oxygen atoms in total. The second kappa shape index (κ2) is 8.29. The number of amides is 1. The van der Waals surface area contributed by atoms with E-state index in [1.807, 2.05) is 19.1 Å². The highest BCUT2D eigenvalue weighted by Crippen LogP contribution is 2.29. The van der Waals surface area contributed by atoms with Crippen LogP contribution in [-0.2, 0) is 9.59 Å². The van der Waals surface area contributed by atoms with Crippen molar-refractivity contribution in [3.05, 3.63) is 24.3 Å². The molecule has 0 fully saturated rings. The zero-order valence-corrected chi connectivity index (χ0v) is 12.8. The minimum Gasteiger partial charge on any atom is -0.491 e. The third-order valence-corrected chi connectivity index (χ3v) is 3.10. The molecular formula is C16H23NO4. The van der Waals surface area contributed by atoms with Gasteiger partial charge in [0.2, 0.25) is 5.91 Å². The molecule has 0 saturated carbocycles. The summed E-state index contributed by atoms with van der Waals surface area (Å²) in [5.41, 5.74) is 0.630. The number of para-hydroxylation sites is 2. The van der Waals surface area contributed by atoms with Crippen molar-refractivity contribution in [2.24, 2.45) is 5.92 Å². The maximum atomic E-state index is 12.2. The summed E-state index contributed by atoms with van der Waals surface area (Å²) in [6, 6.07) is 7.23. The maximum Gasteiger partial charge on any atom is 0.308 e. The molecule has 0 heterocycles. The van der Waals surface area contributed by atoms with Crippen LogP contribution < -0.4 is 9.64 Å². The predicted molar refractivity (Wildman–Crippen MR) is 81.7 cm³/mol. The highest BCUT2D eigenvalue weighted by atomic mass is 16.5. The SMILES string of the molecule is CCCOc1ccccc1N(CC(C)C(=O)O)C(=O)CC. The fraction of sp³-hybridized carbons (Fsp3) is 0.500. The summed E-state index contributed by atoms with van der Waals surface area (Å²) < 4.78 is 5.66. The number of carbonyl (C=O) groups excluding carboxylic acids is 1. The predicted octanol–water partition coefficient (Wildman–Crippen LogP) is 2.94. The van der Waals surface area contributed by atoms with Crippen LogP contribution in [0.4, 0.5) is 5.69 Å². The molecule has 0 saturated heterocycles. The summed E-state index contributed by atoms with van der Waals surface area (Å²) in [5.74, 6) is -1.06. The first-order valence-corrected chi connectivity index (χ1v) is 7.26. The lowest BCUT2D eigenvalue weighted by atomic mass is 10.1. The number of nitrogens with zero attached hydrogens (tertiary/aromatic N) is 1. The molecule has 0 aromatic heterocycles. The van der Waals surface area contributed by atoms with E-state index in [9.17, 15) is 9.59 Å². The van der Waals surface area contributed by atoms with Crippen molar-refractivity contribution in [3.63, 3.8) is 0 Å². The first-order chi connectivity index (χ1) is 10.0. The lowest BCUT2D eigenvalue weighted by Gasteiger charge is -2.26. The van der Waals surface area contributed by atoms with E-state index in [2.05, 4.69) is 0 Å². The average Bonchev–Trinajstić information content (AvgIpc) is 2.49. The molecule has 0 radical (unpaired) electrons. The summed E-state index contributed by atoms with van der Waals surface area (Å²) >= 11 is 0. The van der Waals surface area contributed by atoms with Gasteiger partial charge in [-0.05, 0) is 18.6 Å². The van der Waals surface area contributed by atoms with Crippen molar-refractivity contribution >= 4 is 17.6 Å². The molecule has 5 heteroatoms. The molecule has 21 heavy (non-hydrogen) atoms. The van der Waals surface area contributed by atoms with Crippen molar-refractivity contribution < 1.29 is 19.4 Å². The summed E-state index contributed by atoms with van der Waals surface area (Å²) in [6.07, 6.45) is 1.18. The lowest BCUT2D eigenvalue weighted by molar-refractivity contribution is -0.140. The van der Waals surface area contributed by atoms with E-state index in [-0.39, 0.29) is 12.5 Å². The van der Waals surface area contributed by atoms with Crippen LogP contribution in [0, 0.1) is 5.92 Å². The Morgan fingerprint density at radius 1 is 1.29 bits per heavy atom. The van der Waals surface area contributed by atoms with Crippen LogP contribution in [0.1, 0.15) is 33.6 Å². The molecule has 0 aliphatic carbocycles. The molecule has 0 aliphatic heterocycles. The van der Waals surface area contributed by atoms with Crippen LogP contribution >= 0.6 is 0 Å². The van der Waals surface area contributed by atoms with Crippen molar-refractivity contribution in [2.75, 3.05) is 18.1 Å². The molecule has 1 aromatic rings. The topological polar surface area (TPSA) is 66.8 Å². The van der Waals surface area contributed by atoms with Gasteiger partial charge in [0.25, 0.3) is 0 Å². The standard InChI is InChI=1S/C16H23NO4/c1-4-10-21-14-9-7-6-8-13(14)17(15(18)5-2)11-12(3)16(19)20/h6-9,12H,4-5,10-11H2,1-3H3,(H,19,20). The van der Waals surface area contributed by atoms with Gasteiger partial charge in [-0.2, -0.15) is 0 Å². The normalized spacial score (nSPS) is 11.8. The Labute approximate surface area is 125 Å². The molecule has 1 amide bonds. The number of aliphatic carboxylic acids is 1. The number of ether oxygens (including phenoxy) is 1.